The van der Waals surface area contributed by atoms with Crippen molar-refractivity contribution in [2.75, 3.05) is 19.8 Å². The zero-order valence-corrected chi connectivity index (χ0v) is 13.3. The molecule has 0 saturated heterocycles. The van der Waals surface area contributed by atoms with Crippen LogP contribution in [0.1, 0.15) is 18.9 Å². The summed E-state index contributed by atoms with van der Waals surface area (Å²) in [6.07, 6.45) is 2.96. The van der Waals surface area contributed by atoms with Crippen molar-refractivity contribution in [2.45, 2.75) is 19.9 Å². The lowest BCUT2D eigenvalue weighted by atomic mass is 10.1. The van der Waals surface area contributed by atoms with Crippen molar-refractivity contribution in [3.05, 3.63) is 48.2 Å². The van der Waals surface area contributed by atoms with Gasteiger partial charge in [0.05, 0.1) is 0 Å². The van der Waals surface area contributed by atoms with E-state index in [1.807, 2.05) is 31.3 Å². The van der Waals surface area contributed by atoms with Gasteiger partial charge in [-0.1, -0.05) is 30.3 Å². The normalized spacial score (nSPS) is 11.2. The zero-order valence-electron chi connectivity index (χ0n) is 13.3. The molecule has 1 N–H and O–H groups in total. The van der Waals surface area contributed by atoms with E-state index in [4.69, 9.17) is 4.74 Å². The Morgan fingerprint density at radius 2 is 2.04 bits per heavy atom. The van der Waals surface area contributed by atoms with Gasteiger partial charge < -0.3 is 10.1 Å². The standard InChI is InChI=1S/C17H21N5O/c1-2-23-10-6-9-18-12-15-11-16(14-7-4-3-5-8-14)13-22-17(15)19-20-21-22/h3-5,7-8,11,13,18H,2,6,9-10,12H2,1H3. The van der Waals surface area contributed by atoms with Gasteiger partial charge in [-0.25, -0.2) is 0 Å². The van der Waals surface area contributed by atoms with Crippen molar-refractivity contribution >= 4 is 5.65 Å². The third-order valence-corrected chi connectivity index (χ3v) is 3.64. The summed E-state index contributed by atoms with van der Waals surface area (Å²) in [6.45, 7) is 5.21. The zero-order chi connectivity index (χ0) is 15.9. The second kappa shape index (κ2) is 7.80. The number of hydrogen-bond acceptors (Lipinski definition) is 5. The van der Waals surface area contributed by atoms with Gasteiger partial charge >= 0.3 is 0 Å². The number of ether oxygens (including phenoxy) is 1. The molecule has 0 amide bonds. The Morgan fingerprint density at radius 3 is 2.87 bits per heavy atom. The van der Waals surface area contributed by atoms with Gasteiger partial charge in [0.2, 0.25) is 0 Å². The van der Waals surface area contributed by atoms with Crippen LogP contribution in [0.25, 0.3) is 16.8 Å². The number of tetrazole rings is 1. The molecule has 3 aromatic rings. The number of aromatic nitrogens is 4. The predicted octanol–water partition coefficient (Wildman–Crippen LogP) is 2.31. The summed E-state index contributed by atoms with van der Waals surface area (Å²) in [5, 5.41) is 15.4. The fourth-order valence-electron chi connectivity index (χ4n) is 2.50. The number of rotatable bonds is 8. The molecule has 0 atom stereocenters. The first-order valence-corrected chi connectivity index (χ1v) is 7.93. The molecule has 3 rings (SSSR count). The summed E-state index contributed by atoms with van der Waals surface area (Å²) >= 11 is 0. The van der Waals surface area contributed by atoms with Crippen LogP contribution < -0.4 is 5.32 Å². The highest BCUT2D eigenvalue weighted by Gasteiger charge is 2.08. The molecule has 6 heteroatoms. The Hall–Kier alpha value is -2.31. The van der Waals surface area contributed by atoms with Crippen LogP contribution in [-0.2, 0) is 11.3 Å². The van der Waals surface area contributed by atoms with E-state index >= 15 is 0 Å². The molecule has 0 saturated carbocycles. The largest absolute Gasteiger partial charge is 0.382 e. The number of hydrogen-bond donors (Lipinski definition) is 1. The minimum Gasteiger partial charge on any atom is -0.382 e. The van der Waals surface area contributed by atoms with Crippen molar-refractivity contribution in [3.8, 4) is 11.1 Å². The minimum absolute atomic E-state index is 0.733. The molecule has 0 aliphatic carbocycles. The van der Waals surface area contributed by atoms with Crippen molar-refractivity contribution in [1.82, 2.24) is 25.4 Å². The topological polar surface area (TPSA) is 64.3 Å². The van der Waals surface area contributed by atoms with Gasteiger partial charge in [-0.2, -0.15) is 4.52 Å². The van der Waals surface area contributed by atoms with Crippen LogP contribution in [0.4, 0.5) is 0 Å². The Kier molecular flexibility index (Phi) is 5.29. The molecule has 0 fully saturated rings. The van der Waals surface area contributed by atoms with E-state index in [1.54, 1.807) is 4.52 Å². The monoisotopic (exact) mass is 311 g/mol. The minimum atomic E-state index is 0.733. The summed E-state index contributed by atoms with van der Waals surface area (Å²) in [6, 6.07) is 12.4. The molecule has 0 unspecified atom stereocenters. The van der Waals surface area contributed by atoms with Gasteiger partial charge in [0.25, 0.3) is 0 Å². The van der Waals surface area contributed by atoms with Crippen LogP contribution in [0, 0.1) is 0 Å². The van der Waals surface area contributed by atoms with Gasteiger partial charge in [-0.15, -0.1) is 5.10 Å². The molecular weight excluding hydrogens is 290 g/mol. The highest BCUT2D eigenvalue weighted by molar-refractivity contribution is 5.66. The molecule has 1 aromatic carbocycles. The molecule has 0 aliphatic rings. The quantitative estimate of drug-likeness (QED) is 0.647. The van der Waals surface area contributed by atoms with Crippen LogP contribution in [-0.4, -0.2) is 39.8 Å². The van der Waals surface area contributed by atoms with Crippen LogP contribution in [0.15, 0.2) is 42.6 Å². The second-order valence-corrected chi connectivity index (χ2v) is 5.29. The third-order valence-electron chi connectivity index (χ3n) is 3.64. The number of nitrogens with zero attached hydrogens (tertiary/aromatic N) is 4. The van der Waals surface area contributed by atoms with Crippen molar-refractivity contribution in [2.24, 2.45) is 0 Å². The van der Waals surface area contributed by atoms with Gasteiger partial charge in [-0.05, 0) is 41.9 Å². The average molecular weight is 311 g/mol. The SMILES string of the molecule is CCOCCCNCc1cc(-c2ccccc2)cn2nnnc12. The molecular formula is C17H21N5O. The number of fused-ring (bicyclic) bond motifs is 1. The average Bonchev–Trinajstić information content (AvgIpc) is 3.07. The van der Waals surface area contributed by atoms with Crippen molar-refractivity contribution in [1.29, 1.82) is 0 Å². The maximum absolute atomic E-state index is 5.34. The summed E-state index contributed by atoms with van der Waals surface area (Å²) in [5.74, 6) is 0. The van der Waals surface area contributed by atoms with Gasteiger partial charge in [0.1, 0.15) is 0 Å². The summed E-state index contributed by atoms with van der Waals surface area (Å²) in [5.41, 5.74) is 4.15. The molecule has 2 aromatic heterocycles. The lowest BCUT2D eigenvalue weighted by Gasteiger charge is -2.09. The van der Waals surface area contributed by atoms with Crippen LogP contribution in [0.5, 0.6) is 0 Å². The first-order chi connectivity index (χ1) is 11.4. The van der Waals surface area contributed by atoms with Crippen LogP contribution in [0.3, 0.4) is 0 Å². The molecule has 120 valence electrons. The van der Waals surface area contributed by atoms with E-state index in [-0.39, 0.29) is 0 Å². The number of benzene rings is 1. The number of nitrogens with one attached hydrogen (secondary N) is 1. The predicted molar refractivity (Wildman–Crippen MR) is 89.0 cm³/mol. The molecule has 0 aliphatic heterocycles. The van der Waals surface area contributed by atoms with E-state index < -0.39 is 0 Å². The summed E-state index contributed by atoms with van der Waals surface area (Å²) in [4.78, 5) is 0. The maximum atomic E-state index is 5.34. The third kappa shape index (κ3) is 3.91. The van der Waals surface area contributed by atoms with E-state index in [0.717, 1.165) is 55.1 Å². The van der Waals surface area contributed by atoms with E-state index in [1.165, 1.54) is 0 Å². The fraction of sp³-hybridized carbons (Fsp3) is 0.353. The van der Waals surface area contributed by atoms with Crippen molar-refractivity contribution in [3.63, 3.8) is 0 Å². The molecule has 2 heterocycles. The van der Waals surface area contributed by atoms with E-state index in [2.05, 4.69) is 39.0 Å². The van der Waals surface area contributed by atoms with Gasteiger partial charge in [0.15, 0.2) is 5.65 Å². The lowest BCUT2D eigenvalue weighted by Crippen LogP contribution is -2.17. The van der Waals surface area contributed by atoms with Gasteiger partial charge in [0, 0.05) is 37.1 Å². The highest BCUT2D eigenvalue weighted by atomic mass is 16.5. The second-order valence-electron chi connectivity index (χ2n) is 5.29. The maximum Gasteiger partial charge on any atom is 0.183 e. The fourth-order valence-corrected chi connectivity index (χ4v) is 2.50. The molecule has 6 nitrogen and oxygen atoms in total. The molecule has 23 heavy (non-hydrogen) atoms. The Labute approximate surface area is 135 Å². The molecule has 0 bridgehead atoms. The summed E-state index contributed by atoms with van der Waals surface area (Å²) in [7, 11) is 0. The highest BCUT2D eigenvalue weighted by Crippen LogP contribution is 2.21. The van der Waals surface area contributed by atoms with Crippen molar-refractivity contribution < 1.29 is 4.74 Å². The van der Waals surface area contributed by atoms with Crippen LogP contribution in [0.2, 0.25) is 0 Å². The first-order valence-electron chi connectivity index (χ1n) is 7.93. The Bertz CT molecular complexity index is 741. The Morgan fingerprint density at radius 1 is 1.17 bits per heavy atom. The van der Waals surface area contributed by atoms with E-state index in [9.17, 15) is 0 Å². The molecule has 0 radical (unpaired) electrons. The summed E-state index contributed by atoms with van der Waals surface area (Å²) < 4.78 is 7.08. The number of pyridine rings is 1. The Balaban J connectivity index is 1.75. The first kappa shape index (κ1) is 15.6. The smallest absolute Gasteiger partial charge is 0.183 e. The van der Waals surface area contributed by atoms with Gasteiger partial charge in [-0.3, -0.25) is 0 Å². The van der Waals surface area contributed by atoms with Crippen LogP contribution >= 0.6 is 0 Å². The lowest BCUT2D eigenvalue weighted by molar-refractivity contribution is 0.144. The molecule has 0 spiro atoms. The van der Waals surface area contributed by atoms with E-state index in [0.29, 0.717) is 0 Å².